The second-order valence-electron chi connectivity index (χ2n) is 6.31. The minimum atomic E-state index is -0.0763. The highest BCUT2D eigenvalue weighted by Gasteiger charge is 2.33. The third kappa shape index (κ3) is 2.81. The number of thiophene rings is 1. The van der Waals surface area contributed by atoms with Crippen LogP contribution in [0.3, 0.4) is 0 Å². The van der Waals surface area contributed by atoms with Gasteiger partial charge in [0.05, 0.1) is 31.4 Å². The molecule has 0 aliphatic carbocycles. The Morgan fingerprint density at radius 1 is 1.52 bits per heavy atom. The number of fused-ring (bicyclic) bond motifs is 1. The molecule has 4 heterocycles. The summed E-state index contributed by atoms with van der Waals surface area (Å²) in [6.45, 7) is 1.55. The van der Waals surface area contributed by atoms with Crippen LogP contribution in [-0.4, -0.2) is 33.7 Å². The first-order valence-corrected chi connectivity index (χ1v) is 9.06. The Labute approximate surface area is 139 Å². The van der Waals surface area contributed by atoms with Crippen LogP contribution in [0.1, 0.15) is 47.4 Å². The fourth-order valence-corrected chi connectivity index (χ4v) is 4.61. The molecule has 0 radical (unpaired) electrons. The molecule has 1 fully saturated rings. The van der Waals surface area contributed by atoms with Crippen molar-refractivity contribution in [1.82, 2.24) is 14.7 Å². The Morgan fingerprint density at radius 3 is 3.26 bits per heavy atom. The first kappa shape index (κ1) is 14.9. The van der Waals surface area contributed by atoms with E-state index in [1.165, 1.54) is 10.4 Å². The zero-order valence-corrected chi connectivity index (χ0v) is 14.1. The first-order chi connectivity index (χ1) is 11.2. The number of aryl methyl sites for hydroxylation is 1. The molecule has 5 nitrogen and oxygen atoms in total. The van der Waals surface area contributed by atoms with E-state index >= 15 is 0 Å². The zero-order chi connectivity index (χ0) is 15.8. The van der Waals surface area contributed by atoms with Crippen LogP contribution in [0.5, 0.6) is 0 Å². The van der Waals surface area contributed by atoms with Gasteiger partial charge in [-0.1, -0.05) is 0 Å². The van der Waals surface area contributed by atoms with Crippen LogP contribution in [0.4, 0.5) is 0 Å². The molecule has 1 saturated heterocycles. The van der Waals surface area contributed by atoms with Crippen molar-refractivity contribution in [1.29, 1.82) is 0 Å². The van der Waals surface area contributed by atoms with Crippen molar-refractivity contribution < 1.29 is 9.53 Å². The zero-order valence-electron chi connectivity index (χ0n) is 13.3. The molecule has 1 amide bonds. The molecule has 0 saturated carbocycles. The van der Waals surface area contributed by atoms with Crippen LogP contribution in [-0.2, 0) is 23.0 Å². The van der Waals surface area contributed by atoms with Gasteiger partial charge in [0.15, 0.2) is 0 Å². The van der Waals surface area contributed by atoms with Gasteiger partial charge in [-0.05, 0) is 29.9 Å². The Morgan fingerprint density at radius 2 is 2.43 bits per heavy atom. The fraction of sp³-hybridized carbons (Fsp3) is 0.529. The molecule has 0 N–H and O–H groups in total. The van der Waals surface area contributed by atoms with E-state index in [0.717, 1.165) is 38.0 Å². The van der Waals surface area contributed by atoms with Crippen molar-refractivity contribution in [3.63, 3.8) is 0 Å². The minimum Gasteiger partial charge on any atom is -0.373 e. The van der Waals surface area contributed by atoms with Gasteiger partial charge >= 0.3 is 0 Å². The average molecular weight is 331 g/mol. The quantitative estimate of drug-likeness (QED) is 0.869. The summed E-state index contributed by atoms with van der Waals surface area (Å²) in [6.07, 6.45) is 7.31. The lowest BCUT2D eigenvalue weighted by atomic mass is 10.0. The third-order valence-corrected chi connectivity index (χ3v) is 5.81. The SMILES string of the molecule is Cn1cc([C@H]2CCCN2C(=O)C[C@@H]2OCCc3sccc32)cn1. The van der Waals surface area contributed by atoms with Gasteiger partial charge in [-0.15, -0.1) is 11.3 Å². The predicted molar refractivity (Wildman–Crippen MR) is 88.2 cm³/mol. The topological polar surface area (TPSA) is 47.4 Å². The summed E-state index contributed by atoms with van der Waals surface area (Å²) in [5.74, 6) is 0.195. The molecule has 2 atom stereocenters. The molecule has 2 aromatic heterocycles. The van der Waals surface area contributed by atoms with Crippen molar-refractivity contribution in [2.75, 3.05) is 13.2 Å². The Kier molecular flexibility index (Phi) is 3.95. The summed E-state index contributed by atoms with van der Waals surface area (Å²) in [4.78, 5) is 16.2. The van der Waals surface area contributed by atoms with E-state index in [0.29, 0.717) is 6.42 Å². The van der Waals surface area contributed by atoms with E-state index in [9.17, 15) is 4.79 Å². The Balaban J connectivity index is 1.49. The van der Waals surface area contributed by atoms with Gasteiger partial charge in [0.1, 0.15) is 0 Å². The van der Waals surface area contributed by atoms with Crippen LogP contribution in [0.25, 0.3) is 0 Å². The monoisotopic (exact) mass is 331 g/mol. The standard InChI is InChI=1S/C17H21N3O2S/c1-19-11-12(10-18-19)14-3-2-6-20(14)17(21)9-15-13-5-8-23-16(13)4-7-22-15/h5,8,10-11,14-15H,2-4,6-7,9H2,1H3/t14-,15+/m1/s1. The molecule has 2 aliphatic rings. The van der Waals surface area contributed by atoms with E-state index in [1.54, 1.807) is 16.0 Å². The van der Waals surface area contributed by atoms with Gasteiger partial charge in [0, 0.05) is 36.7 Å². The highest BCUT2D eigenvalue weighted by atomic mass is 32.1. The number of likely N-dealkylation sites (tertiary alicyclic amines) is 1. The summed E-state index contributed by atoms with van der Waals surface area (Å²) in [5.41, 5.74) is 2.35. The molecule has 0 bridgehead atoms. The lowest BCUT2D eigenvalue weighted by Gasteiger charge is -2.28. The van der Waals surface area contributed by atoms with E-state index in [1.807, 2.05) is 24.3 Å². The second kappa shape index (κ2) is 6.09. The molecular formula is C17H21N3O2S. The lowest BCUT2D eigenvalue weighted by Crippen LogP contribution is -2.32. The van der Waals surface area contributed by atoms with Crippen molar-refractivity contribution in [3.8, 4) is 0 Å². The highest BCUT2D eigenvalue weighted by Crippen LogP contribution is 2.36. The number of aromatic nitrogens is 2. The Bertz CT molecular complexity index is 708. The van der Waals surface area contributed by atoms with Crippen molar-refractivity contribution in [3.05, 3.63) is 39.8 Å². The molecule has 6 heteroatoms. The van der Waals surface area contributed by atoms with Gasteiger partial charge in [-0.2, -0.15) is 5.10 Å². The maximum absolute atomic E-state index is 12.9. The van der Waals surface area contributed by atoms with Crippen LogP contribution in [0.15, 0.2) is 23.8 Å². The van der Waals surface area contributed by atoms with Gasteiger partial charge in [-0.3, -0.25) is 9.48 Å². The number of carbonyl (C=O) groups is 1. The van der Waals surface area contributed by atoms with Crippen molar-refractivity contribution in [2.45, 2.75) is 37.8 Å². The molecule has 122 valence electrons. The number of rotatable bonds is 3. The van der Waals surface area contributed by atoms with E-state index < -0.39 is 0 Å². The number of ether oxygens (including phenoxy) is 1. The number of hydrogen-bond donors (Lipinski definition) is 0. The largest absolute Gasteiger partial charge is 0.373 e. The van der Waals surface area contributed by atoms with Gasteiger partial charge < -0.3 is 9.64 Å². The molecule has 23 heavy (non-hydrogen) atoms. The fourth-order valence-electron chi connectivity index (χ4n) is 3.69. The number of nitrogens with zero attached hydrogens (tertiary/aromatic N) is 3. The van der Waals surface area contributed by atoms with Crippen molar-refractivity contribution in [2.24, 2.45) is 7.05 Å². The summed E-state index contributed by atoms with van der Waals surface area (Å²) in [7, 11) is 1.92. The number of carbonyl (C=O) groups excluding carboxylic acids is 1. The Hall–Kier alpha value is -1.66. The molecular weight excluding hydrogens is 310 g/mol. The molecule has 0 unspecified atom stereocenters. The molecule has 4 rings (SSSR count). The van der Waals surface area contributed by atoms with Crippen LogP contribution >= 0.6 is 11.3 Å². The van der Waals surface area contributed by atoms with E-state index in [4.69, 9.17) is 4.74 Å². The molecule has 2 aromatic rings. The molecule has 2 aliphatic heterocycles. The van der Waals surface area contributed by atoms with Gasteiger partial charge in [0.25, 0.3) is 0 Å². The third-order valence-electron chi connectivity index (χ3n) is 4.82. The maximum Gasteiger partial charge on any atom is 0.226 e. The van der Waals surface area contributed by atoms with Gasteiger partial charge in [-0.25, -0.2) is 0 Å². The van der Waals surface area contributed by atoms with E-state index in [-0.39, 0.29) is 18.1 Å². The van der Waals surface area contributed by atoms with Crippen LogP contribution < -0.4 is 0 Å². The summed E-state index contributed by atoms with van der Waals surface area (Å²) in [5, 5.41) is 6.35. The van der Waals surface area contributed by atoms with Crippen LogP contribution in [0, 0.1) is 0 Å². The summed E-state index contributed by atoms with van der Waals surface area (Å²) in [6, 6.07) is 2.28. The number of amides is 1. The second-order valence-corrected chi connectivity index (χ2v) is 7.31. The normalized spacial score (nSPS) is 24.0. The van der Waals surface area contributed by atoms with Crippen molar-refractivity contribution >= 4 is 17.2 Å². The average Bonchev–Trinajstić information content (AvgIpc) is 3.26. The molecule has 0 spiro atoms. The van der Waals surface area contributed by atoms with Gasteiger partial charge in [0.2, 0.25) is 5.91 Å². The summed E-state index contributed by atoms with van der Waals surface area (Å²) < 4.78 is 7.68. The predicted octanol–water partition coefficient (Wildman–Crippen LogP) is 2.85. The minimum absolute atomic E-state index is 0.0763. The molecule has 0 aromatic carbocycles. The van der Waals surface area contributed by atoms with Crippen LogP contribution in [0.2, 0.25) is 0 Å². The smallest absolute Gasteiger partial charge is 0.226 e. The summed E-state index contributed by atoms with van der Waals surface area (Å²) >= 11 is 1.77. The van der Waals surface area contributed by atoms with E-state index in [2.05, 4.69) is 16.5 Å². The number of hydrogen-bond acceptors (Lipinski definition) is 4. The highest BCUT2D eigenvalue weighted by molar-refractivity contribution is 7.10. The maximum atomic E-state index is 12.9. The lowest BCUT2D eigenvalue weighted by molar-refractivity contribution is -0.135. The first-order valence-electron chi connectivity index (χ1n) is 8.18.